The van der Waals surface area contributed by atoms with Gasteiger partial charge in [-0.05, 0) is 30.5 Å². The number of rotatable bonds is 9. The molecule has 0 bridgehead atoms. The fourth-order valence-corrected chi connectivity index (χ4v) is 5.08. The second-order valence-corrected chi connectivity index (χ2v) is 10.5. The standard InChI is InChI=1S/C22H20F6N4O3S/c23-21(24,25)20(22(26,27)28,15-6-2-1-3-7-15)31-17(18(33)32-19(14-29)9-10-19)13-36(34,35)12-16-8-4-5-11-30-16/h1-8,11,17,31H,9-10,12-13H2,(H,32,33)/t17-/m0/s1. The zero-order valence-corrected chi connectivity index (χ0v) is 19.2. The molecule has 1 fully saturated rings. The van der Waals surface area contributed by atoms with Crippen molar-refractivity contribution in [2.24, 2.45) is 0 Å². The molecule has 1 aromatic carbocycles. The molecule has 2 aromatic rings. The molecule has 1 aromatic heterocycles. The summed E-state index contributed by atoms with van der Waals surface area (Å²) in [7, 11) is -4.47. The van der Waals surface area contributed by atoms with Crippen LogP contribution in [0.5, 0.6) is 0 Å². The summed E-state index contributed by atoms with van der Waals surface area (Å²) in [4.78, 5) is 16.7. The topological polar surface area (TPSA) is 112 Å². The number of nitrogens with one attached hydrogen (secondary N) is 2. The Morgan fingerprint density at radius 2 is 1.61 bits per heavy atom. The summed E-state index contributed by atoms with van der Waals surface area (Å²) in [5.41, 5.74) is -7.57. The number of hydrogen-bond donors (Lipinski definition) is 2. The van der Waals surface area contributed by atoms with Crippen molar-refractivity contribution in [1.29, 1.82) is 5.26 Å². The van der Waals surface area contributed by atoms with Crippen LogP contribution >= 0.6 is 0 Å². The zero-order chi connectivity index (χ0) is 26.8. The molecule has 1 aliphatic carbocycles. The summed E-state index contributed by atoms with van der Waals surface area (Å²) in [6.45, 7) is 0. The second-order valence-electron chi connectivity index (χ2n) is 8.37. The van der Waals surface area contributed by atoms with Crippen molar-refractivity contribution >= 4 is 15.7 Å². The number of carbonyl (C=O) groups excluding carboxylic acids is 1. The van der Waals surface area contributed by atoms with Gasteiger partial charge in [0.1, 0.15) is 11.6 Å². The molecule has 1 aliphatic rings. The van der Waals surface area contributed by atoms with Crippen molar-refractivity contribution in [2.45, 2.75) is 48.1 Å². The SMILES string of the molecule is N#CC1(NC(=O)[C@H](CS(=O)(=O)Cc2ccccn2)NC(c2ccccc2)(C(F)(F)F)C(F)(F)F)CC1. The Kier molecular flexibility index (Phi) is 7.39. The van der Waals surface area contributed by atoms with Gasteiger partial charge in [-0.2, -0.15) is 31.6 Å². The molecular weight excluding hydrogens is 514 g/mol. The molecule has 36 heavy (non-hydrogen) atoms. The minimum absolute atomic E-state index is 0.0201. The Morgan fingerprint density at radius 3 is 2.08 bits per heavy atom. The van der Waals surface area contributed by atoms with Gasteiger partial charge in [0.25, 0.3) is 0 Å². The minimum atomic E-state index is -6.04. The van der Waals surface area contributed by atoms with Crippen molar-refractivity contribution in [2.75, 3.05) is 5.75 Å². The lowest BCUT2D eigenvalue weighted by atomic mass is 9.87. The lowest BCUT2D eigenvalue weighted by molar-refractivity contribution is -0.315. The molecule has 0 saturated heterocycles. The first-order chi connectivity index (χ1) is 16.6. The van der Waals surface area contributed by atoms with Crippen LogP contribution in [0.25, 0.3) is 0 Å². The van der Waals surface area contributed by atoms with Crippen LogP contribution in [0.1, 0.15) is 24.1 Å². The summed E-state index contributed by atoms with van der Waals surface area (Å²) in [6, 6.07) is 7.68. The van der Waals surface area contributed by atoms with E-state index >= 15 is 0 Å². The van der Waals surface area contributed by atoms with Gasteiger partial charge in [0.15, 0.2) is 9.84 Å². The van der Waals surface area contributed by atoms with E-state index in [4.69, 9.17) is 0 Å². The fraction of sp³-hybridized carbons (Fsp3) is 0.409. The second kappa shape index (κ2) is 9.70. The maximum absolute atomic E-state index is 14.3. The number of aromatic nitrogens is 1. The number of alkyl halides is 6. The number of amides is 1. The predicted octanol–water partition coefficient (Wildman–Crippen LogP) is 3.15. The first-order valence-electron chi connectivity index (χ1n) is 10.4. The Morgan fingerprint density at radius 1 is 1.03 bits per heavy atom. The molecule has 194 valence electrons. The lowest BCUT2D eigenvalue weighted by Crippen LogP contribution is -2.69. The van der Waals surface area contributed by atoms with Crippen LogP contribution in [-0.4, -0.2) is 49.0 Å². The number of halogens is 6. The van der Waals surface area contributed by atoms with E-state index in [1.165, 1.54) is 35.8 Å². The van der Waals surface area contributed by atoms with Crippen molar-refractivity contribution in [3.8, 4) is 6.07 Å². The number of nitrogens with zero attached hydrogens (tertiary/aromatic N) is 2. The van der Waals surface area contributed by atoms with E-state index in [9.17, 15) is 44.8 Å². The molecule has 0 radical (unpaired) electrons. The lowest BCUT2D eigenvalue weighted by Gasteiger charge is -2.40. The van der Waals surface area contributed by atoms with Gasteiger partial charge in [-0.3, -0.25) is 15.1 Å². The largest absolute Gasteiger partial charge is 0.419 e. The Bertz CT molecular complexity index is 1210. The molecule has 2 N–H and O–H groups in total. The maximum Gasteiger partial charge on any atom is 0.419 e. The molecule has 1 amide bonds. The van der Waals surface area contributed by atoms with Crippen LogP contribution in [0.3, 0.4) is 0 Å². The van der Waals surface area contributed by atoms with Gasteiger partial charge in [0.05, 0.1) is 23.3 Å². The summed E-state index contributed by atoms with van der Waals surface area (Å²) in [6.07, 6.45) is -10.6. The van der Waals surface area contributed by atoms with Crippen LogP contribution in [0.2, 0.25) is 0 Å². The summed E-state index contributed by atoms with van der Waals surface area (Å²) >= 11 is 0. The zero-order valence-electron chi connectivity index (χ0n) is 18.4. The van der Waals surface area contributed by atoms with E-state index in [0.29, 0.717) is 12.1 Å². The van der Waals surface area contributed by atoms with Crippen LogP contribution in [0.15, 0.2) is 54.7 Å². The van der Waals surface area contributed by atoms with E-state index in [1.54, 1.807) is 6.07 Å². The average molecular weight is 534 g/mol. The highest BCUT2D eigenvalue weighted by Crippen LogP contribution is 2.50. The highest BCUT2D eigenvalue weighted by Gasteiger charge is 2.72. The van der Waals surface area contributed by atoms with Gasteiger partial charge in [0, 0.05) is 6.20 Å². The Balaban J connectivity index is 2.07. The van der Waals surface area contributed by atoms with Crippen molar-refractivity contribution < 1.29 is 39.6 Å². The van der Waals surface area contributed by atoms with Crippen molar-refractivity contribution in [1.82, 2.24) is 15.6 Å². The van der Waals surface area contributed by atoms with Crippen LogP contribution < -0.4 is 10.6 Å². The molecule has 1 saturated carbocycles. The van der Waals surface area contributed by atoms with Crippen LogP contribution in [0.4, 0.5) is 26.3 Å². The van der Waals surface area contributed by atoms with Gasteiger partial charge in [-0.25, -0.2) is 8.42 Å². The molecular formula is C22H20F6N4O3S. The molecule has 7 nitrogen and oxygen atoms in total. The predicted molar refractivity (Wildman–Crippen MR) is 115 cm³/mol. The summed E-state index contributed by atoms with van der Waals surface area (Å²) < 4.78 is 111. The van der Waals surface area contributed by atoms with E-state index in [2.05, 4.69) is 10.3 Å². The first kappa shape index (κ1) is 27.4. The van der Waals surface area contributed by atoms with E-state index in [1.807, 2.05) is 0 Å². The van der Waals surface area contributed by atoms with Crippen molar-refractivity contribution in [3.05, 3.63) is 66.0 Å². The van der Waals surface area contributed by atoms with E-state index in [-0.39, 0.29) is 18.5 Å². The number of pyridine rings is 1. The molecule has 0 spiro atoms. The van der Waals surface area contributed by atoms with Crippen LogP contribution in [0, 0.1) is 11.3 Å². The molecule has 1 atom stereocenters. The number of nitriles is 1. The van der Waals surface area contributed by atoms with Crippen LogP contribution in [-0.2, 0) is 25.9 Å². The highest BCUT2D eigenvalue weighted by molar-refractivity contribution is 7.90. The van der Waals surface area contributed by atoms with Gasteiger partial charge in [0.2, 0.25) is 11.4 Å². The van der Waals surface area contributed by atoms with Gasteiger partial charge in [-0.1, -0.05) is 36.4 Å². The van der Waals surface area contributed by atoms with Gasteiger partial charge >= 0.3 is 12.4 Å². The van der Waals surface area contributed by atoms with E-state index < -0.39 is 62.3 Å². The first-order valence-corrected chi connectivity index (χ1v) is 12.3. The summed E-state index contributed by atoms with van der Waals surface area (Å²) in [5, 5.41) is 12.6. The van der Waals surface area contributed by atoms with Crippen molar-refractivity contribution in [3.63, 3.8) is 0 Å². The highest BCUT2D eigenvalue weighted by atomic mass is 32.2. The Hall–Kier alpha value is -3.18. The minimum Gasteiger partial charge on any atom is -0.336 e. The van der Waals surface area contributed by atoms with Gasteiger partial charge < -0.3 is 5.32 Å². The number of carbonyl (C=O) groups is 1. The van der Waals surface area contributed by atoms with Gasteiger partial charge in [-0.15, -0.1) is 0 Å². The molecule has 0 unspecified atom stereocenters. The third-order valence-corrected chi connectivity index (χ3v) is 7.18. The fourth-order valence-electron chi connectivity index (χ4n) is 3.60. The normalized spacial score (nSPS) is 16.6. The number of sulfone groups is 1. The molecule has 3 rings (SSSR count). The molecule has 1 heterocycles. The quantitative estimate of drug-likeness (QED) is 0.478. The average Bonchev–Trinajstić information content (AvgIpc) is 3.55. The molecule has 14 heteroatoms. The maximum atomic E-state index is 14.3. The summed E-state index contributed by atoms with van der Waals surface area (Å²) in [5.74, 6) is -3.73. The third-order valence-electron chi connectivity index (χ3n) is 5.61. The van der Waals surface area contributed by atoms with E-state index in [0.717, 1.165) is 12.1 Å². The third kappa shape index (κ3) is 5.79. The monoisotopic (exact) mass is 534 g/mol. The molecule has 0 aliphatic heterocycles. The number of hydrogen-bond acceptors (Lipinski definition) is 6. The Labute approximate surface area is 202 Å². The number of benzene rings is 1. The smallest absolute Gasteiger partial charge is 0.336 e.